The van der Waals surface area contributed by atoms with Crippen molar-refractivity contribution < 1.29 is 0 Å². The molecule has 1 fully saturated rings. The van der Waals surface area contributed by atoms with Gasteiger partial charge in [0, 0.05) is 22.7 Å². The third kappa shape index (κ3) is 3.55. The molecule has 2 heterocycles. The number of nitrogens with zero attached hydrogens (tertiary/aromatic N) is 2. The van der Waals surface area contributed by atoms with Crippen LogP contribution in [0, 0.1) is 11.8 Å². The molecule has 1 aliphatic heterocycles. The van der Waals surface area contributed by atoms with Crippen molar-refractivity contribution in [2.45, 2.75) is 58.9 Å². The maximum Gasteiger partial charge on any atom is 0.0581 e. The number of hydrogen-bond donors (Lipinski definition) is 0. The van der Waals surface area contributed by atoms with Gasteiger partial charge in [-0.1, -0.05) is 37.6 Å². The molecule has 1 unspecified atom stereocenters. The van der Waals surface area contributed by atoms with Gasteiger partial charge in [0.15, 0.2) is 0 Å². The van der Waals surface area contributed by atoms with Crippen LogP contribution in [-0.2, 0) is 5.41 Å². The van der Waals surface area contributed by atoms with E-state index in [4.69, 9.17) is 16.6 Å². The number of allylic oxidation sites excluding steroid dienone is 1. The van der Waals surface area contributed by atoms with Crippen LogP contribution < -0.4 is 0 Å². The summed E-state index contributed by atoms with van der Waals surface area (Å²) in [7, 11) is 0. The molecule has 2 aliphatic rings. The van der Waals surface area contributed by atoms with Crippen LogP contribution in [0.25, 0.3) is 11.6 Å². The van der Waals surface area contributed by atoms with Gasteiger partial charge < -0.3 is 4.90 Å². The molecule has 1 aliphatic carbocycles. The van der Waals surface area contributed by atoms with E-state index in [1.54, 1.807) is 0 Å². The first kappa shape index (κ1) is 20.6. The highest BCUT2D eigenvalue weighted by Crippen LogP contribution is 2.50. The van der Waals surface area contributed by atoms with Crippen LogP contribution in [0.2, 0.25) is 5.02 Å². The first-order chi connectivity index (χ1) is 13.8. The molecular weight excluding hydrogens is 376 g/mol. The molecule has 29 heavy (non-hydrogen) atoms. The Morgan fingerprint density at radius 2 is 1.83 bits per heavy atom. The number of aromatic nitrogens is 1. The minimum Gasteiger partial charge on any atom is -0.301 e. The van der Waals surface area contributed by atoms with Gasteiger partial charge in [0.1, 0.15) is 0 Å². The van der Waals surface area contributed by atoms with Gasteiger partial charge >= 0.3 is 0 Å². The molecule has 1 aromatic carbocycles. The van der Waals surface area contributed by atoms with Gasteiger partial charge in [-0.25, -0.2) is 0 Å². The van der Waals surface area contributed by atoms with Gasteiger partial charge in [-0.15, -0.1) is 0 Å². The number of hydrogen-bond acceptors (Lipinski definition) is 2. The Labute approximate surface area is 181 Å². The Morgan fingerprint density at radius 3 is 2.48 bits per heavy atom. The molecule has 1 aromatic heterocycles. The molecule has 4 rings (SSSR count). The predicted molar refractivity (Wildman–Crippen MR) is 124 cm³/mol. The van der Waals surface area contributed by atoms with Crippen molar-refractivity contribution in [3.63, 3.8) is 0 Å². The molecule has 0 saturated carbocycles. The fraction of sp³-hybridized carbons (Fsp3) is 0.500. The quantitative estimate of drug-likeness (QED) is 0.563. The lowest BCUT2D eigenvalue weighted by Crippen LogP contribution is -2.45. The average Bonchev–Trinajstić information content (AvgIpc) is 2.82. The van der Waals surface area contributed by atoms with E-state index in [-0.39, 0.29) is 5.41 Å². The fourth-order valence-electron chi connectivity index (χ4n) is 5.43. The Kier molecular flexibility index (Phi) is 5.61. The normalized spacial score (nSPS) is 23.0. The van der Waals surface area contributed by atoms with E-state index in [2.05, 4.69) is 75.9 Å². The second-order valence-electron chi connectivity index (χ2n) is 9.49. The van der Waals surface area contributed by atoms with Gasteiger partial charge in [-0.2, -0.15) is 0 Å². The Hall–Kier alpha value is -1.64. The van der Waals surface area contributed by atoms with Gasteiger partial charge in [0.2, 0.25) is 0 Å². The summed E-state index contributed by atoms with van der Waals surface area (Å²) in [5.74, 6) is 0.983. The Morgan fingerprint density at radius 1 is 1.10 bits per heavy atom. The van der Waals surface area contributed by atoms with E-state index < -0.39 is 0 Å². The fourth-order valence-corrected chi connectivity index (χ4v) is 5.61. The number of halogens is 1. The highest BCUT2D eigenvalue weighted by atomic mass is 35.5. The molecule has 0 radical (unpaired) electrons. The molecular formula is C26H33ClN2. The SMILES string of the molecule is CC(C)C1=Cc2cccnc2C(C)(C2CCN(C(C)C)CC2)c2ccc(Cl)cc21. The Balaban J connectivity index is 1.90. The molecule has 0 bridgehead atoms. The number of pyridine rings is 1. The van der Waals surface area contributed by atoms with Crippen molar-refractivity contribution in [3.05, 3.63) is 63.9 Å². The maximum atomic E-state index is 6.49. The highest BCUT2D eigenvalue weighted by molar-refractivity contribution is 6.30. The molecule has 0 N–H and O–H groups in total. The van der Waals surface area contributed by atoms with E-state index in [1.807, 2.05) is 6.20 Å². The van der Waals surface area contributed by atoms with Gasteiger partial charge in [-0.3, -0.25) is 4.98 Å². The summed E-state index contributed by atoms with van der Waals surface area (Å²) in [5, 5.41) is 0.811. The summed E-state index contributed by atoms with van der Waals surface area (Å²) in [5.41, 5.74) is 6.42. The third-order valence-electron chi connectivity index (χ3n) is 7.19. The highest BCUT2D eigenvalue weighted by Gasteiger charge is 2.44. The molecule has 2 aromatic rings. The lowest BCUT2D eigenvalue weighted by molar-refractivity contribution is 0.121. The summed E-state index contributed by atoms with van der Waals surface area (Å²) in [6, 6.07) is 11.4. The van der Waals surface area contributed by atoms with E-state index in [1.165, 1.54) is 40.8 Å². The standard InChI is InChI=1S/C26H33ClN2/c1-17(2)22-15-19-7-6-12-28-25(19)26(5,24-9-8-21(27)16-23(22)24)20-10-13-29(14-11-20)18(3)4/h6-9,12,15-18,20H,10-11,13-14H2,1-5H3. The number of piperidine rings is 1. The van der Waals surface area contributed by atoms with Crippen molar-refractivity contribution in [1.82, 2.24) is 9.88 Å². The van der Waals surface area contributed by atoms with Crippen molar-refractivity contribution in [2.75, 3.05) is 13.1 Å². The number of fused-ring (bicyclic) bond motifs is 2. The summed E-state index contributed by atoms with van der Waals surface area (Å²) in [4.78, 5) is 7.59. The zero-order valence-electron chi connectivity index (χ0n) is 18.4. The first-order valence-electron chi connectivity index (χ1n) is 11.0. The van der Waals surface area contributed by atoms with Crippen LogP contribution in [0.5, 0.6) is 0 Å². The molecule has 1 saturated heterocycles. The third-order valence-corrected chi connectivity index (χ3v) is 7.43. The molecule has 2 nitrogen and oxygen atoms in total. The maximum absolute atomic E-state index is 6.49. The second-order valence-corrected chi connectivity index (χ2v) is 9.93. The lowest BCUT2D eigenvalue weighted by Gasteiger charge is -2.44. The van der Waals surface area contributed by atoms with Crippen LogP contribution >= 0.6 is 11.6 Å². The minimum atomic E-state index is -0.118. The second kappa shape index (κ2) is 7.89. The minimum absolute atomic E-state index is 0.118. The first-order valence-corrected chi connectivity index (χ1v) is 11.4. The van der Waals surface area contributed by atoms with Crippen molar-refractivity contribution in [3.8, 4) is 0 Å². The molecule has 154 valence electrons. The monoisotopic (exact) mass is 408 g/mol. The lowest BCUT2D eigenvalue weighted by atomic mass is 9.64. The zero-order valence-corrected chi connectivity index (χ0v) is 19.1. The summed E-state index contributed by atoms with van der Waals surface area (Å²) in [6.45, 7) is 13.9. The van der Waals surface area contributed by atoms with E-state index in [9.17, 15) is 0 Å². The van der Waals surface area contributed by atoms with Crippen molar-refractivity contribution in [1.29, 1.82) is 0 Å². The van der Waals surface area contributed by atoms with Crippen molar-refractivity contribution >= 4 is 23.3 Å². The van der Waals surface area contributed by atoms with Crippen LogP contribution in [0.3, 0.4) is 0 Å². The van der Waals surface area contributed by atoms with Crippen LogP contribution in [0.1, 0.15) is 69.8 Å². The Bertz CT molecular complexity index is 922. The topological polar surface area (TPSA) is 16.1 Å². The van der Waals surface area contributed by atoms with Gasteiger partial charge in [0.25, 0.3) is 0 Å². The zero-order chi connectivity index (χ0) is 20.8. The summed E-state index contributed by atoms with van der Waals surface area (Å²) >= 11 is 6.49. The smallest absolute Gasteiger partial charge is 0.0581 e. The molecule has 0 amide bonds. The van der Waals surface area contributed by atoms with Crippen LogP contribution in [0.4, 0.5) is 0 Å². The largest absolute Gasteiger partial charge is 0.301 e. The van der Waals surface area contributed by atoms with Crippen molar-refractivity contribution in [2.24, 2.45) is 11.8 Å². The summed E-state index contributed by atoms with van der Waals surface area (Å²) in [6.07, 6.45) is 6.72. The molecule has 0 spiro atoms. The van der Waals surface area contributed by atoms with E-state index >= 15 is 0 Å². The molecule has 1 atom stereocenters. The average molecular weight is 409 g/mol. The number of benzene rings is 1. The van der Waals surface area contributed by atoms with Gasteiger partial charge in [0.05, 0.1) is 5.69 Å². The van der Waals surface area contributed by atoms with Crippen LogP contribution in [0.15, 0.2) is 36.5 Å². The van der Waals surface area contributed by atoms with E-state index in [0.29, 0.717) is 17.9 Å². The van der Waals surface area contributed by atoms with Gasteiger partial charge in [-0.05, 0) is 105 Å². The number of likely N-dealkylation sites (tertiary alicyclic amines) is 1. The summed E-state index contributed by atoms with van der Waals surface area (Å²) < 4.78 is 0. The predicted octanol–water partition coefficient (Wildman–Crippen LogP) is 6.67. The number of rotatable bonds is 3. The van der Waals surface area contributed by atoms with Crippen LogP contribution in [-0.4, -0.2) is 29.0 Å². The molecule has 3 heteroatoms. The van der Waals surface area contributed by atoms with E-state index in [0.717, 1.165) is 18.1 Å².